The molecule has 2 saturated heterocycles. The van der Waals surface area contributed by atoms with E-state index in [0.717, 1.165) is 49.2 Å². The molecule has 3 aromatic rings. The standard InChI is InChI=1S/C31H35N5O4/c1-35-13-9-24(20-35)36(2)31(37)26-6-4-21(16-29(26)38-3)17-30-33-12-8-27(34-30)22-5-7-28(23(18-22)19-32)40-25-10-14-39-15-11-25/h4-8,12,16,18,24-25H,9-11,13-15,17,20H2,1-3H3. The third-order valence-corrected chi connectivity index (χ3v) is 7.66. The SMILES string of the molecule is COc1cc(Cc2nccc(-c3ccc(OC4CCOCC4)c(C#N)c3)n2)ccc1C(=O)N(C)C1CCN(C)C1. The first-order valence-electron chi connectivity index (χ1n) is 13.7. The predicted molar refractivity (Wildman–Crippen MR) is 150 cm³/mol. The third-order valence-electron chi connectivity index (χ3n) is 7.66. The summed E-state index contributed by atoms with van der Waals surface area (Å²) >= 11 is 0. The van der Waals surface area contributed by atoms with E-state index in [0.29, 0.717) is 48.1 Å². The minimum absolute atomic E-state index is 0.0421. The number of likely N-dealkylation sites (N-methyl/N-ethyl adjacent to an activating group) is 2. The van der Waals surface area contributed by atoms with Gasteiger partial charge in [-0.2, -0.15) is 5.26 Å². The number of methoxy groups -OCH3 is 1. The molecule has 9 heteroatoms. The van der Waals surface area contributed by atoms with Crippen molar-refractivity contribution in [3.8, 4) is 28.8 Å². The van der Waals surface area contributed by atoms with E-state index in [9.17, 15) is 10.1 Å². The average Bonchev–Trinajstić information content (AvgIpc) is 3.43. The number of ether oxygens (including phenoxy) is 3. The lowest BCUT2D eigenvalue weighted by molar-refractivity contribution is 0.0254. The van der Waals surface area contributed by atoms with Crippen LogP contribution in [0.15, 0.2) is 48.7 Å². The van der Waals surface area contributed by atoms with Gasteiger partial charge in [-0.15, -0.1) is 0 Å². The molecule has 2 aliphatic rings. The van der Waals surface area contributed by atoms with Crippen molar-refractivity contribution in [3.05, 3.63) is 71.2 Å². The van der Waals surface area contributed by atoms with Gasteiger partial charge in [0.25, 0.3) is 5.91 Å². The Morgan fingerprint density at radius 3 is 2.70 bits per heavy atom. The van der Waals surface area contributed by atoms with Crippen molar-refractivity contribution in [2.45, 2.75) is 37.8 Å². The van der Waals surface area contributed by atoms with E-state index in [1.54, 1.807) is 13.3 Å². The molecular formula is C31H35N5O4. The summed E-state index contributed by atoms with van der Waals surface area (Å²) in [5.74, 6) is 1.71. The highest BCUT2D eigenvalue weighted by Gasteiger charge is 2.28. The van der Waals surface area contributed by atoms with Crippen molar-refractivity contribution < 1.29 is 19.0 Å². The highest BCUT2D eigenvalue weighted by atomic mass is 16.5. The average molecular weight is 542 g/mol. The molecule has 0 aliphatic carbocycles. The zero-order valence-electron chi connectivity index (χ0n) is 23.3. The van der Waals surface area contributed by atoms with Crippen molar-refractivity contribution in [3.63, 3.8) is 0 Å². The fraction of sp³-hybridized carbons (Fsp3) is 0.419. The molecule has 0 bridgehead atoms. The monoisotopic (exact) mass is 541 g/mol. The van der Waals surface area contributed by atoms with Gasteiger partial charge in [0.1, 0.15) is 29.5 Å². The van der Waals surface area contributed by atoms with E-state index >= 15 is 0 Å². The van der Waals surface area contributed by atoms with Crippen LogP contribution in [0.25, 0.3) is 11.3 Å². The van der Waals surface area contributed by atoms with Crippen LogP contribution in [0.2, 0.25) is 0 Å². The van der Waals surface area contributed by atoms with E-state index in [1.807, 2.05) is 54.4 Å². The van der Waals surface area contributed by atoms with Crippen molar-refractivity contribution >= 4 is 5.91 Å². The second-order valence-electron chi connectivity index (χ2n) is 10.4. The minimum atomic E-state index is -0.0421. The van der Waals surface area contributed by atoms with Gasteiger partial charge in [-0.3, -0.25) is 4.79 Å². The normalized spacial score (nSPS) is 17.8. The van der Waals surface area contributed by atoms with Gasteiger partial charge in [-0.05, 0) is 62.0 Å². The molecule has 0 radical (unpaired) electrons. The number of hydrogen-bond donors (Lipinski definition) is 0. The molecule has 1 aromatic heterocycles. The lowest BCUT2D eigenvalue weighted by Gasteiger charge is -2.25. The lowest BCUT2D eigenvalue weighted by atomic mass is 10.0. The maximum Gasteiger partial charge on any atom is 0.257 e. The van der Waals surface area contributed by atoms with Crippen LogP contribution in [-0.4, -0.2) is 85.3 Å². The zero-order chi connectivity index (χ0) is 28.1. The second kappa shape index (κ2) is 12.5. The summed E-state index contributed by atoms with van der Waals surface area (Å²) in [6.45, 7) is 3.21. The van der Waals surface area contributed by atoms with E-state index < -0.39 is 0 Å². The highest BCUT2D eigenvalue weighted by Crippen LogP contribution is 2.29. The van der Waals surface area contributed by atoms with Gasteiger partial charge < -0.3 is 24.0 Å². The number of rotatable bonds is 8. The first-order chi connectivity index (χ1) is 19.4. The van der Waals surface area contributed by atoms with Gasteiger partial charge >= 0.3 is 0 Å². The highest BCUT2D eigenvalue weighted by molar-refractivity contribution is 5.97. The van der Waals surface area contributed by atoms with Crippen LogP contribution in [0, 0.1) is 11.3 Å². The minimum Gasteiger partial charge on any atom is -0.496 e. The Morgan fingerprint density at radius 1 is 1.15 bits per heavy atom. The summed E-state index contributed by atoms with van der Waals surface area (Å²) in [5.41, 5.74) is 3.50. The summed E-state index contributed by atoms with van der Waals surface area (Å²) < 4.78 is 17.1. The topological polar surface area (TPSA) is 101 Å². The molecule has 0 saturated carbocycles. The number of amides is 1. The fourth-order valence-corrected chi connectivity index (χ4v) is 5.29. The second-order valence-corrected chi connectivity index (χ2v) is 10.4. The molecule has 2 aromatic carbocycles. The first-order valence-corrected chi connectivity index (χ1v) is 13.7. The van der Waals surface area contributed by atoms with Gasteiger partial charge in [0.2, 0.25) is 0 Å². The van der Waals surface area contributed by atoms with Crippen LogP contribution >= 0.6 is 0 Å². The van der Waals surface area contributed by atoms with Crippen LogP contribution in [0.5, 0.6) is 11.5 Å². The van der Waals surface area contributed by atoms with Gasteiger partial charge in [0.05, 0.1) is 37.1 Å². The smallest absolute Gasteiger partial charge is 0.257 e. The molecule has 0 N–H and O–H groups in total. The third kappa shape index (κ3) is 6.24. The molecule has 2 fully saturated rings. The Balaban J connectivity index is 1.31. The van der Waals surface area contributed by atoms with Crippen LogP contribution in [-0.2, 0) is 11.2 Å². The number of hydrogen-bond acceptors (Lipinski definition) is 8. The fourth-order valence-electron chi connectivity index (χ4n) is 5.29. The van der Waals surface area contributed by atoms with Gasteiger partial charge in [0, 0.05) is 50.7 Å². The molecule has 40 heavy (non-hydrogen) atoms. The van der Waals surface area contributed by atoms with Crippen molar-refractivity contribution in [2.24, 2.45) is 0 Å². The van der Waals surface area contributed by atoms with Crippen LogP contribution in [0.3, 0.4) is 0 Å². The predicted octanol–water partition coefficient (Wildman–Crippen LogP) is 3.95. The Labute approximate surface area is 235 Å². The van der Waals surface area contributed by atoms with Gasteiger partial charge in [0.15, 0.2) is 0 Å². The van der Waals surface area contributed by atoms with Crippen LogP contribution < -0.4 is 9.47 Å². The van der Waals surface area contributed by atoms with E-state index in [1.165, 1.54) is 0 Å². The molecule has 1 unspecified atom stereocenters. The zero-order valence-corrected chi connectivity index (χ0v) is 23.3. The van der Waals surface area contributed by atoms with Crippen LogP contribution in [0.4, 0.5) is 0 Å². The molecule has 1 amide bonds. The van der Waals surface area contributed by atoms with Crippen molar-refractivity contribution in [1.82, 2.24) is 19.8 Å². The van der Waals surface area contributed by atoms with Gasteiger partial charge in [-0.25, -0.2) is 9.97 Å². The Morgan fingerprint density at radius 2 is 1.98 bits per heavy atom. The summed E-state index contributed by atoms with van der Waals surface area (Å²) in [5, 5.41) is 9.76. The van der Waals surface area contributed by atoms with Crippen LogP contribution in [0.1, 0.15) is 46.6 Å². The number of benzene rings is 2. The molecule has 1 atom stereocenters. The summed E-state index contributed by atoms with van der Waals surface area (Å²) in [6, 6.07) is 15.5. The quantitative estimate of drug-likeness (QED) is 0.423. The number of nitrogens with zero attached hydrogens (tertiary/aromatic N) is 5. The van der Waals surface area contributed by atoms with Crippen molar-refractivity contribution in [2.75, 3.05) is 47.5 Å². The summed E-state index contributed by atoms with van der Waals surface area (Å²) in [6.07, 6.45) is 4.85. The van der Waals surface area contributed by atoms with Crippen molar-refractivity contribution in [1.29, 1.82) is 5.26 Å². The lowest BCUT2D eigenvalue weighted by Crippen LogP contribution is -2.38. The molecule has 2 aliphatic heterocycles. The maximum absolute atomic E-state index is 13.2. The number of likely N-dealkylation sites (tertiary alicyclic amines) is 1. The Hall–Kier alpha value is -4.00. The molecule has 5 rings (SSSR count). The number of carbonyl (C=O) groups excluding carboxylic acids is 1. The summed E-state index contributed by atoms with van der Waals surface area (Å²) in [4.78, 5) is 26.5. The molecular weight excluding hydrogens is 506 g/mol. The van der Waals surface area contributed by atoms with E-state index in [2.05, 4.69) is 23.0 Å². The molecule has 0 spiro atoms. The maximum atomic E-state index is 13.2. The first kappa shape index (κ1) is 27.6. The molecule has 3 heterocycles. The summed E-state index contributed by atoms with van der Waals surface area (Å²) in [7, 11) is 5.52. The molecule has 9 nitrogen and oxygen atoms in total. The number of aromatic nitrogens is 2. The molecule has 208 valence electrons. The Kier molecular flexibility index (Phi) is 8.58. The number of nitriles is 1. The van der Waals surface area contributed by atoms with E-state index in [4.69, 9.17) is 19.2 Å². The van der Waals surface area contributed by atoms with E-state index in [-0.39, 0.29) is 18.1 Å². The Bertz CT molecular complexity index is 1400. The number of carbonyl (C=O) groups is 1. The largest absolute Gasteiger partial charge is 0.496 e. The van der Waals surface area contributed by atoms with Gasteiger partial charge in [-0.1, -0.05) is 6.07 Å².